The molecule has 0 saturated heterocycles. The molecule has 1 aliphatic carbocycles. The minimum absolute atomic E-state index is 0.0813. The molecule has 0 aromatic carbocycles. The van der Waals surface area contributed by atoms with E-state index in [4.69, 9.17) is 16.9 Å². The molecule has 0 aromatic heterocycles. The Hall–Kier alpha value is -1.21. The molecule has 1 aliphatic rings. The average Bonchev–Trinajstić information content (AvgIpc) is 2.70. The molecule has 1 fully saturated rings. The van der Waals surface area contributed by atoms with Crippen LogP contribution in [0.3, 0.4) is 0 Å². The van der Waals surface area contributed by atoms with Crippen LogP contribution in [0.15, 0.2) is 16.6 Å². The van der Waals surface area contributed by atoms with Crippen molar-refractivity contribution in [1.82, 2.24) is 10.6 Å². The normalized spacial score (nSPS) is 24.9. The van der Waals surface area contributed by atoms with Crippen LogP contribution in [0.1, 0.15) is 19.3 Å². The van der Waals surface area contributed by atoms with Gasteiger partial charge in [-0.15, -0.1) is 0 Å². The summed E-state index contributed by atoms with van der Waals surface area (Å²) < 4.78 is 0. The van der Waals surface area contributed by atoms with Crippen LogP contribution in [0, 0.1) is 17.2 Å². The van der Waals surface area contributed by atoms with E-state index < -0.39 is 0 Å². The molecule has 0 amide bonds. The highest BCUT2D eigenvalue weighted by Gasteiger charge is 2.27. The maximum atomic E-state index is 8.95. The van der Waals surface area contributed by atoms with Crippen LogP contribution in [0.2, 0.25) is 0 Å². The molecular weight excluding hydrogens is 224 g/mol. The highest BCUT2D eigenvalue weighted by atomic mass is 35.5. The smallest absolute Gasteiger partial charge is 0.191 e. The van der Waals surface area contributed by atoms with Crippen molar-refractivity contribution in [3.05, 3.63) is 11.6 Å². The molecule has 5 heteroatoms. The third-order valence-electron chi connectivity index (χ3n) is 2.68. The van der Waals surface area contributed by atoms with E-state index in [9.17, 15) is 0 Å². The maximum absolute atomic E-state index is 8.95. The monoisotopic (exact) mass is 240 g/mol. The number of hydrogen-bond acceptors (Lipinski definition) is 2. The Morgan fingerprint density at radius 3 is 2.94 bits per heavy atom. The van der Waals surface area contributed by atoms with Gasteiger partial charge in [-0.25, -0.2) is 0 Å². The van der Waals surface area contributed by atoms with E-state index in [2.05, 4.69) is 28.3 Å². The lowest BCUT2D eigenvalue weighted by Gasteiger charge is -2.19. The summed E-state index contributed by atoms with van der Waals surface area (Å²) in [6, 6.07) is 2.51. The summed E-state index contributed by atoms with van der Waals surface area (Å²) in [6.07, 6.45) is 3.07. The van der Waals surface area contributed by atoms with Gasteiger partial charge in [0.05, 0.1) is 18.5 Å². The van der Waals surface area contributed by atoms with Crippen molar-refractivity contribution < 1.29 is 0 Å². The molecule has 16 heavy (non-hydrogen) atoms. The van der Waals surface area contributed by atoms with Crippen LogP contribution in [0.25, 0.3) is 0 Å². The Bertz CT molecular complexity index is 318. The van der Waals surface area contributed by atoms with Crippen molar-refractivity contribution >= 4 is 17.6 Å². The van der Waals surface area contributed by atoms with Crippen molar-refractivity contribution in [2.75, 3.05) is 13.6 Å². The Morgan fingerprint density at radius 2 is 2.38 bits per heavy atom. The topological polar surface area (TPSA) is 60.2 Å². The third-order valence-corrected chi connectivity index (χ3v) is 2.81. The molecule has 1 saturated carbocycles. The number of hydrogen-bond donors (Lipinski definition) is 2. The minimum Gasteiger partial charge on any atom is -0.352 e. The van der Waals surface area contributed by atoms with E-state index in [0.29, 0.717) is 17.5 Å². The molecule has 0 aromatic rings. The fourth-order valence-electron chi connectivity index (χ4n) is 1.84. The summed E-state index contributed by atoms with van der Waals surface area (Å²) in [4.78, 5) is 4.08. The van der Waals surface area contributed by atoms with E-state index in [1.165, 1.54) is 0 Å². The van der Waals surface area contributed by atoms with Crippen LogP contribution in [0.5, 0.6) is 0 Å². The molecule has 0 heterocycles. The van der Waals surface area contributed by atoms with E-state index in [0.717, 1.165) is 19.3 Å². The van der Waals surface area contributed by atoms with Gasteiger partial charge in [0.2, 0.25) is 0 Å². The number of guanidine groups is 1. The zero-order chi connectivity index (χ0) is 12.0. The number of nitrogens with zero attached hydrogens (tertiary/aromatic N) is 2. The van der Waals surface area contributed by atoms with Crippen molar-refractivity contribution in [3.8, 4) is 6.07 Å². The maximum Gasteiger partial charge on any atom is 0.191 e. The van der Waals surface area contributed by atoms with E-state index >= 15 is 0 Å². The Kier molecular flexibility index (Phi) is 5.13. The number of nitriles is 1. The first-order valence-electron chi connectivity index (χ1n) is 5.37. The largest absolute Gasteiger partial charge is 0.352 e. The van der Waals surface area contributed by atoms with Crippen LogP contribution in [-0.4, -0.2) is 25.6 Å². The highest BCUT2D eigenvalue weighted by Crippen LogP contribution is 2.24. The first kappa shape index (κ1) is 12.9. The first-order chi connectivity index (χ1) is 7.67. The zero-order valence-electron chi connectivity index (χ0n) is 9.46. The van der Waals surface area contributed by atoms with Crippen LogP contribution >= 0.6 is 11.6 Å². The summed E-state index contributed by atoms with van der Waals surface area (Å²) in [6.45, 7) is 4.07. The second-order valence-corrected chi connectivity index (χ2v) is 4.39. The molecule has 0 bridgehead atoms. The molecular formula is C11H17ClN4. The van der Waals surface area contributed by atoms with Gasteiger partial charge in [0.25, 0.3) is 0 Å². The van der Waals surface area contributed by atoms with Crippen molar-refractivity contribution in [3.63, 3.8) is 0 Å². The highest BCUT2D eigenvalue weighted by molar-refractivity contribution is 6.29. The van der Waals surface area contributed by atoms with Crippen molar-refractivity contribution in [2.45, 2.75) is 25.3 Å². The number of halogens is 1. The molecule has 0 radical (unpaired) electrons. The van der Waals surface area contributed by atoms with Gasteiger partial charge < -0.3 is 10.6 Å². The molecule has 2 unspecified atom stereocenters. The van der Waals surface area contributed by atoms with Gasteiger partial charge in [0.15, 0.2) is 5.96 Å². The SMILES string of the molecule is C=C(Cl)CNC(=NC)NC1CCCC1C#N. The van der Waals surface area contributed by atoms with Gasteiger partial charge in [-0.3, -0.25) is 4.99 Å². The summed E-state index contributed by atoms with van der Waals surface area (Å²) in [7, 11) is 1.70. The van der Waals surface area contributed by atoms with E-state index in [-0.39, 0.29) is 12.0 Å². The van der Waals surface area contributed by atoms with Gasteiger partial charge in [-0.05, 0) is 19.3 Å². The quantitative estimate of drug-likeness (QED) is 0.582. The Morgan fingerprint density at radius 1 is 1.62 bits per heavy atom. The standard InChI is InChI=1S/C11H17ClN4/c1-8(12)7-15-11(14-2)16-10-5-3-4-9(10)6-13/h9-10H,1,3-5,7H2,2H3,(H2,14,15,16). The summed E-state index contributed by atoms with van der Waals surface area (Å²) in [5.41, 5.74) is 0. The molecule has 2 atom stereocenters. The number of nitrogens with one attached hydrogen (secondary N) is 2. The van der Waals surface area contributed by atoms with Crippen LogP contribution in [0.4, 0.5) is 0 Å². The third kappa shape index (κ3) is 3.74. The second kappa shape index (κ2) is 6.39. The second-order valence-electron chi connectivity index (χ2n) is 3.86. The predicted octanol–water partition coefficient (Wildman–Crippen LogP) is 1.60. The molecule has 2 N–H and O–H groups in total. The fraction of sp³-hybridized carbons (Fsp3) is 0.636. The molecule has 4 nitrogen and oxygen atoms in total. The molecule has 0 spiro atoms. The van der Waals surface area contributed by atoms with E-state index in [1.54, 1.807) is 7.05 Å². The lowest BCUT2D eigenvalue weighted by Crippen LogP contribution is -2.45. The van der Waals surface area contributed by atoms with Gasteiger partial charge in [0, 0.05) is 18.1 Å². The average molecular weight is 241 g/mol. The Balaban J connectivity index is 2.45. The van der Waals surface area contributed by atoms with Crippen molar-refractivity contribution in [1.29, 1.82) is 5.26 Å². The first-order valence-corrected chi connectivity index (χ1v) is 5.75. The summed E-state index contributed by atoms with van der Waals surface area (Å²) in [5, 5.41) is 15.8. The molecule has 1 rings (SSSR count). The summed E-state index contributed by atoms with van der Waals surface area (Å²) >= 11 is 5.66. The van der Waals surface area contributed by atoms with Gasteiger partial charge in [-0.2, -0.15) is 5.26 Å². The number of rotatable bonds is 3. The van der Waals surface area contributed by atoms with E-state index in [1.807, 2.05) is 0 Å². The zero-order valence-corrected chi connectivity index (χ0v) is 10.2. The lowest BCUT2D eigenvalue weighted by molar-refractivity contribution is 0.534. The van der Waals surface area contributed by atoms with Gasteiger partial charge in [0.1, 0.15) is 0 Å². The molecule has 88 valence electrons. The fourth-order valence-corrected chi connectivity index (χ4v) is 1.90. The minimum atomic E-state index is 0.0813. The van der Waals surface area contributed by atoms with Gasteiger partial charge >= 0.3 is 0 Å². The van der Waals surface area contributed by atoms with Crippen LogP contribution < -0.4 is 10.6 Å². The Labute approximate surface area is 101 Å². The van der Waals surface area contributed by atoms with Gasteiger partial charge in [-0.1, -0.05) is 18.2 Å². The predicted molar refractivity (Wildman–Crippen MR) is 66.2 cm³/mol. The van der Waals surface area contributed by atoms with Crippen LogP contribution in [-0.2, 0) is 0 Å². The lowest BCUT2D eigenvalue weighted by atomic mass is 10.1. The molecule has 0 aliphatic heterocycles. The number of aliphatic imine (C=N–C) groups is 1. The van der Waals surface area contributed by atoms with Crippen molar-refractivity contribution in [2.24, 2.45) is 10.9 Å². The summed E-state index contributed by atoms with van der Waals surface area (Å²) in [5.74, 6) is 0.756.